The molecule has 2 N–H and O–H groups in total. The number of carbonyl (C=O) groups excluding carboxylic acids is 7. The molecule has 0 aliphatic rings. The Bertz CT molecular complexity index is 1790. The average molecular weight is 885 g/mol. The Hall–Kier alpha value is -6.53. The standard InChI is InChI=1S/C45H60N2O16/c1-29(2)19-55-28-56-20-44(21-57-37(48)30(3)4,22-58-38(49)31(5)6)26-62-42(53)46-17-35-14-13-15-36(16-35)18-47-43(54)63-27-45(23-59-39(50)32(7)8,24-60-40(51)33(9)10)25-61-41(52)34(11)12/h13-16H,1,3,5,7,9,11,17-28H2,2,4,6,8,10,12H3,(H,46,53)(H,47,54). The van der Waals surface area contributed by atoms with Crippen molar-refractivity contribution in [1.82, 2.24) is 10.6 Å². The van der Waals surface area contributed by atoms with Crippen molar-refractivity contribution in [3.05, 3.63) is 108 Å². The Kier molecular flexibility index (Phi) is 23.7. The molecule has 0 radical (unpaired) electrons. The third kappa shape index (κ3) is 22.2. The van der Waals surface area contributed by atoms with Crippen LogP contribution in [0.5, 0.6) is 0 Å². The fourth-order valence-electron chi connectivity index (χ4n) is 4.48. The summed E-state index contributed by atoms with van der Waals surface area (Å²) < 4.78 is 48.7. The van der Waals surface area contributed by atoms with Gasteiger partial charge in [0, 0.05) is 41.0 Å². The van der Waals surface area contributed by atoms with Gasteiger partial charge in [0.1, 0.15) is 58.5 Å². The van der Waals surface area contributed by atoms with Gasteiger partial charge in [0.15, 0.2) is 0 Å². The first-order valence-electron chi connectivity index (χ1n) is 19.3. The van der Waals surface area contributed by atoms with Crippen LogP contribution in [0, 0.1) is 10.8 Å². The van der Waals surface area contributed by atoms with Crippen LogP contribution < -0.4 is 10.6 Å². The number of nitrogens with one attached hydrogen (secondary N) is 2. The summed E-state index contributed by atoms with van der Waals surface area (Å²) in [6, 6.07) is 6.78. The number of benzene rings is 1. The Morgan fingerprint density at radius 2 is 0.762 bits per heavy atom. The molecule has 18 nitrogen and oxygen atoms in total. The van der Waals surface area contributed by atoms with Gasteiger partial charge in [-0.3, -0.25) is 0 Å². The Labute approximate surface area is 368 Å². The summed E-state index contributed by atoms with van der Waals surface area (Å²) in [7, 11) is 0. The van der Waals surface area contributed by atoms with Crippen LogP contribution in [-0.2, 0) is 79.7 Å². The molecule has 63 heavy (non-hydrogen) atoms. The van der Waals surface area contributed by atoms with E-state index in [9.17, 15) is 33.6 Å². The van der Waals surface area contributed by atoms with Gasteiger partial charge >= 0.3 is 42.0 Å². The normalized spacial score (nSPS) is 10.8. The smallest absolute Gasteiger partial charge is 0.407 e. The molecular weight excluding hydrogens is 824 g/mol. The molecule has 0 aliphatic carbocycles. The van der Waals surface area contributed by atoms with Crippen molar-refractivity contribution in [2.75, 3.05) is 66.3 Å². The Morgan fingerprint density at radius 1 is 0.460 bits per heavy atom. The van der Waals surface area contributed by atoms with Crippen LogP contribution >= 0.6 is 0 Å². The number of hydrogen-bond donors (Lipinski definition) is 2. The van der Waals surface area contributed by atoms with E-state index in [4.69, 9.17) is 42.6 Å². The first kappa shape index (κ1) is 54.5. The maximum atomic E-state index is 13.0. The summed E-state index contributed by atoms with van der Waals surface area (Å²) in [6.45, 7) is 26.9. The molecule has 0 atom stereocenters. The largest absolute Gasteiger partial charge is 0.461 e. The van der Waals surface area contributed by atoms with Crippen molar-refractivity contribution in [3.63, 3.8) is 0 Å². The summed E-state index contributed by atoms with van der Waals surface area (Å²) in [4.78, 5) is 87.5. The molecule has 0 unspecified atom stereocenters. The average Bonchev–Trinajstić information content (AvgIpc) is 3.23. The molecule has 346 valence electrons. The predicted molar refractivity (Wildman–Crippen MR) is 228 cm³/mol. The van der Waals surface area contributed by atoms with Gasteiger partial charge in [-0.1, -0.05) is 69.3 Å². The van der Waals surface area contributed by atoms with Crippen LogP contribution in [-0.4, -0.2) is 108 Å². The third-order valence-corrected chi connectivity index (χ3v) is 8.10. The zero-order chi connectivity index (χ0) is 47.8. The lowest BCUT2D eigenvalue weighted by Crippen LogP contribution is -2.45. The lowest BCUT2D eigenvalue weighted by Gasteiger charge is -2.32. The Morgan fingerprint density at radius 3 is 1.06 bits per heavy atom. The monoisotopic (exact) mass is 884 g/mol. The number of esters is 5. The molecule has 18 heteroatoms. The predicted octanol–water partition coefficient (Wildman–Crippen LogP) is 5.28. The maximum Gasteiger partial charge on any atom is 0.407 e. The molecule has 0 saturated carbocycles. The fourth-order valence-corrected chi connectivity index (χ4v) is 4.48. The maximum absolute atomic E-state index is 13.0. The van der Waals surface area contributed by atoms with Gasteiger partial charge < -0.3 is 53.3 Å². The Balaban J connectivity index is 3.08. The van der Waals surface area contributed by atoms with Gasteiger partial charge in [0.25, 0.3) is 0 Å². The van der Waals surface area contributed by atoms with E-state index in [1.807, 2.05) is 0 Å². The van der Waals surface area contributed by atoms with Crippen LogP contribution in [0.4, 0.5) is 9.59 Å². The zero-order valence-corrected chi connectivity index (χ0v) is 37.1. The van der Waals surface area contributed by atoms with Gasteiger partial charge in [-0.25, -0.2) is 33.6 Å². The highest BCUT2D eigenvalue weighted by Gasteiger charge is 2.39. The van der Waals surface area contributed by atoms with Crippen molar-refractivity contribution in [2.24, 2.45) is 10.8 Å². The molecule has 0 aliphatic heterocycles. The van der Waals surface area contributed by atoms with Crippen molar-refractivity contribution in [3.8, 4) is 0 Å². The second-order valence-corrected chi connectivity index (χ2v) is 15.2. The number of alkyl carbamates (subject to hydrolysis) is 2. The summed E-state index contributed by atoms with van der Waals surface area (Å²) in [5.41, 5.74) is -0.558. The van der Waals surface area contributed by atoms with Gasteiger partial charge in [-0.05, 0) is 52.7 Å². The van der Waals surface area contributed by atoms with E-state index < -0.39 is 85.9 Å². The van der Waals surface area contributed by atoms with Crippen molar-refractivity contribution < 1.29 is 76.2 Å². The molecular formula is C45H60N2O16. The number of ether oxygens (including phenoxy) is 9. The second-order valence-electron chi connectivity index (χ2n) is 15.2. The van der Waals surface area contributed by atoms with E-state index in [0.717, 1.165) is 5.57 Å². The van der Waals surface area contributed by atoms with E-state index >= 15 is 0 Å². The van der Waals surface area contributed by atoms with E-state index in [0.29, 0.717) is 11.1 Å². The van der Waals surface area contributed by atoms with Gasteiger partial charge in [0.2, 0.25) is 0 Å². The van der Waals surface area contributed by atoms with Crippen LogP contribution in [0.25, 0.3) is 0 Å². The highest BCUT2D eigenvalue weighted by atomic mass is 16.7. The lowest BCUT2D eigenvalue weighted by molar-refractivity contribution is -0.162. The minimum absolute atomic E-state index is 0.0259. The quantitative estimate of drug-likeness (QED) is 0.0261. The number of amides is 2. The van der Waals surface area contributed by atoms with Crippen LogP contribution in [0.1, 0.15) is 52.7 Å². The van der Waals surface area contributed by atoms with Crippen LogP contribution in [0.3, 0.4) is 0 Å². The number of carbonyl (C=O) groups is 7. The molecule has 0 bridgehead atoms. The van der Waals surface area contributed by atoms with Gasteiger partial charge in [-0.15, -0.1) is 0 Å². The minimum Gasteiger partial charge on any atom is -0.461 e. The minimum atomic E-state index is -1.55. The zero-order valence-electron chi connectivity index (χ0n) is 37.1. The molecule has 0 aromatic heterocycles. The fraction of sp³-hybridized carbons (Fsp3) is 0.444. The van der Waals surface area contributed by atoms with Gasteiger partial charge in [-0.2, -0.15) is 0 Å². The summed E-state index contributed by atoms with van der Waals surface area (Å²) in [5, 5.41) is 5.21. The van der Waals surface area contributed by atoms with E-state index in [2.05, 4.69) is 50.1 Å². The van der Waals surface area contributed by atoms with Gasteiger partial charge in [0.05, 0.1) is 18.6 Å². The van der Waals surface area contributed by atoms with Crippen LogP contribution in [0.15, 0.2) is 97.2 Å². The first-order chi connectivity index (χ1) is 29.5. The molecule has 0 saturated heterocycles. The summed E-state index contributed by atoms with van der Waals surface area (Å²) in [6.07, 6.45) is -1.80. The molecule has 1 aromatic rings. The van der Waals surface area contributed by atoms with Crippen LogP contribution in [0.2, 0.25) is 0 Å². The molecule has 1 rings (SSSR count). The third-order valence-electron chi connectivity index (χ3n) is 8.10. The SMILES string of the molecule is C=C(C)COCOCC(COC(=O)NCc1cccc(CNC(=O)OCC(COC(=O)C(=C)C)(COC(=O)C(=C)C)COC(=O)C(=C)C)c1)(COC(=O)C(=C)C)COC(=O)C(=C)C. The van der Waals surface area contributed by atoms with E-state index in [-0.39, 0.29) is 74.2 Å². The summed E-state index contributed by atoms with van der Waals surface area (Å²) >= 11 is 0. The first-order valence-corrected chi connectivity index (χ1v) is 19.3. The van der Waals surface area contributed by atoms with E-state index in [1.54, 1.807) is 31.2 Å². The van der Waals surface area contributed by atoms with E-state index in [1.165, 1.54) is 34.6 Å². The molecule has 0 spiro atoms. The molecule has 0 fully saturated rings. The highest BCUT2D eigenvalue weighted by molar-refractivity contribution is 5.88. The van der Waals surface area contributed by atoms with Crippen molar-refractivity contribution >= 4 is 42.0 Å². The highest BCUT2D eigenvalue weighted by Crippen LogP contribution is 2.24. The molecule has 0 heterocycles. The van der Waals surface area contributed by atoms with Crippen molar-refractivity contribution in [1.29, 1.82) is 0 Å². The van der Waals surface area contributed by atoms with Crippen molar-refractivity contribution in [2.45, 2.75) is 54.6 Å². The second kappa shape index (κ2) is 27.4. The summed E-state index contributed by atoms with van der Waals surface area (Å²) in [5.74, 6) is -3.81. The molecule has 2 amide bonds. The lowest BCUT2D eigenvalue weighted by atomic mass is 9.92. The number of hydrogen-bond acceptors (Lipinski definition) is 16. The topological polar surface area (TPSA) is 227 Å². The molecule has 1 aromatic carbocycles. The number of rotatable bonds is 29.